The highest BCUT2D eigenvalue weighted by molar-refractivity contribution is 6.05. The number of hydrogen-bond donors (Lipinski definition) is 0. The van der Waals surface area contributed by atoms with Gasteiger partial charge in [-0.05, 0) is 23.8 Å². The fraction of sp³-hybridized carbons (Fsp3) is 0.455. The first-order chi connectivity index (χ1) is 11.2. The molecule has 1 aliphatic carbocycles. The van der Waals surface area contributed by atoms with Gasteiger partial charge in [0.05, 0.1) is 11.6 Å². The van der Waals surface area contributed by atoms with Crippen molar-refractivity contribution in [3.63, 3.8) is 0 Å². The van der Waals surface area contributed by atoms with Crippen molar-refractivity contribution in [1.82, 2.24) is 4.90 Å². The number of amides is 1. The van der Waals surface area contributed by atoms with Gasteiger partial charge in [0.15, 0.2) is 0 Å². The van der Waals surface area contributed by atoms with Gasteiger partial charge >= 0.3 is 0 Å². The van der Waals surface area contributed by atoms with E-state index in [0.717, 1.165) is 29.7 Å². The Hall–Kier alpha value is -2.05. The second-order valence-corrected chi connectivity index (χ2v) is 8.00. The third kappa shape index (κ3) is 3.55. The number of likely N-dealkylation sites (tertiary alicyclic amines) is 1. The minimum atomic E-state index is -0.0275. The summed E-state index contributed by atoms with van der Waals surface area (Å²) in [6.45, 7) is 19.5. The van der Waals surface area contributed by atoms with Crippen LogP contribution in [-0.4, -0.2) is 16.8 Å². The number of allylic oxidation sites excluding steroid dienone is 4. The maximum absolute atomic E-state index is 13.1. The highest BCUT2D eigenvalue weighted by Crippen LogP contribution is 2.40. The van der Waals surface area contributed by atoms with Crippen molar-refractivity contribution in [3.8, 4) is 0 Å². The van der Waals surface area contributed by atoms with Crippen LogP contribution in [0.25, 0.3) is 0 Å². The molecule has 0 aromatic rings. The molecule has 0 aromatic carbocycles. The molecule has 24 heavy (non-hydrogen) atoms. The lowest BCUT2D eigenvalue weighted by Crippen LogP contribution is -2.41. The summed E-state index contributed by atoms with van der Waals surface area (Å²) < 4.78 is 0. The van der Waals surface area contributed by atoms with Gasteiger partial charge in [-0.25, -0.2) is 0 Å². The van der Waals surface area contributed by atoms with E-state index in [-0.39, 0.29) is 17.4 Å². The maximum Gasteiger partial charge on any atom is 0.267 e. The Morgan fingerprint density at radius 2 is 2.00 bits per heavy atom. The summed E-state index contributed by atoms with van der Waals surface area (Å²) in [6.07, 6.45) is 9.42. The number of rotatable bonds is 5. The van der Waals surface area contributed by atoms with E-state index in [0.29, 0.717) is 11.5 Å². The fourth-order valence-electron chi connectivity index (χ4n) is 3.43. The standard InChI is InChI=1S/C22H29NO/c1-8-15(2)20(16(3)14-22(5,6)7)23-17(4)18-12-10-9-11-13-19(18)21(23)24/h9-12,15,20H,3-4,8,14H2,1-2,5-7H3. The van der Waals surface area contributed by atoms with Gasteiger partial charge in [-0.1, -0.05) is 78.0 Å². The number of carbonyl (C=O) groups is 1. The summed E-state index contributed by atoms with van der Waals surface area (Å²) in [5, 5.41) is 0. The Morgan fingerprint density at radius 3 is 2.58 bits per heavy atom. The van der Waals surface area contributed by atoms with Crippen molar-refractivity contribution in [3.05, 3.63) is 65.6 Å². The van der Waals surface area contributed by atoms with Gasteiger partial charge in [0, 0.05) is 11.3 Å². The molecule has 0 saturated carbocycles. The molecule has 128 valence electrons. The van der Waals surface area contributed by atoms with Crippen molar-refractivity contribution in [2.75, 3.05) is 0 Å². The third-order valence-electron chi connectivity index (χ3n) is 4.64. The summed E-state index contributed by atoms with van der Waals surface area (Å²) >= 11 is 0. The van der Waals surface area contributed by atoms with Gasteiger partial charge in [0.2, 0.25) is 0 Å². The van der Waals surface area contributed by atoms with Crippen LogP contribution in [0.15, 0.2) is 65.6 Å². The lowest BCUT2D eigenvalue weighted by molar-refractivity contribution is -0.125. The minimum absolute atomic E-state index is 0.00782. The number of carbonyl (C=O) groups excluding carboxylic acids is 1. The Kier molecular flexibility index (Phi) is 5.20. The predicted octanol–water partition coefficient (Wildman–Crippen LogP) is 5.33. The summed E-state index contributed by atoms with van der Waals surface area (Å²) in [6, 6.07) is -0.0275. The van der Waals surface area contributed by atoms with Crippen LogP contribution in [0.5, 0.6) is 0 Å². The molecular formula is C22H29NO. The van der Waals surface area contributed by atoms with Crippen LogP contribution in [0.1, 0.15) is 47.5 Å². The predicted molar refractivity (Wildman–Crippen MR) is 101 cm³/mol. The molecule has 1 heterocycles. The van der Waals surface area contributed by atoms with Crippen molar-refractivity contribution < 1.29 is 4.79 Å². The largest absolute Gasteiger partial charge is 0.300 e. The van der Waals surface area contributed by atoms with Gasteiger partial charge in [-0.3, -0.25) is 4.79 Å². The molecule has 2 nitrogen and oxygen atoms in total. The zero-order valence-corrected chi connectivity index (χ0v) is 15.6. The normalized spacial score (nSPS) is 19.6. The molecule has 2 atom stereocenters. The van der Waals surface area contributed by atoms with E-state index in [1.807, 2.05) is 23.1 Å². The van der Waals surface area contributed by atoms with E-state index in [1.165, 1.54) is 0 Å². The highest BCUT2D eigenvalue weighted by Gasteiger charge is 2.41. The molecule has 1 fully saturated rings. The maximum atomic E-state index is 13.1. The smallest absolute Gasteiger partial charge is 0.267 e. The zero-order valence-electron chi connectivity index (χ0n) is 15.6. The van der Waals surface area contributed by atoms with Gasteiger partial charge < -0.3 is 4.90 Å². The molecular weight excluding hydrogens is 294 g/mol. The van der Waals surface area contributed by atoms with E-state index in [9.17, 15) is 4.79 Å². The molecule has 2 aliphatic rings. The Morgan fingerprint density at radius 1 is 1.33 bits per heavy atom. The zero-order chi connectivity index (χ0) is 18.1. The van der Waals surface area contributed by atoms with Gasteiger partial charge in [-0.2, -0.15) is 0 Å². The van der Waals surface area contributed by atoms with Crippen molar-refractivity contribution in [2.24, 2.45) is 11.3 Å². The van der Waals surface area contributed by atoms with Gasteiger partial charge in [0.25, 0.3) is 5.91 Å². The second kappa shape index (κ2) is 6.83. The molecule has 2 unspecified atom stereocenters. The Labute approximate surface area is 146 Å². The molecule has 2 heteroatoms. The molecule has 0 spiro atoms. The van der Waals surface area contributed by atoms with E-state index in [1.54, 1.807) is 6.08 Å². The van der Waals surface area contributed by atoms with Crippen molar-refractivity contribution >= 4 is 5.91 Å². The van der Waals surface area contributed by atoms with E-state index < -0.39 is 0 Å². The quantitative estimate of drug-likeness (QED) is 0.495. The SMILES string of the molecule is C=C(CC(C)(C)C)C(C(C)CC)N1C(=C)C2=CC=CC=C=C2C1=O. The summed E-state index contributed by atoms with van der Waals surface area (Å²) in [7, 11) is 0. The summed E-state index contributed by atoms with van der Waals surface area (Å²) in [5.41, 5.74) is 6.60. The summed E-state index contributed by atoms with van der Waals surface area (Å²) in [4.78, 5) is 14.9. The third-order valence-corrected chi connectivity index (χ3v) is 4.64. The average Bonchev–Trinajstić information content (AvgIpc) is 2.68. The fourth-order valence-corrected chi connectivity index (χ4v) is 3.43. The topological polar surface area (TPSA) is 20.3 Å². The lowest BCUT2D eigenvalue weighted by Gasteiger charge is -2.36. The molecule has 0 bridgehead atoms. The lowest BCUT2D eigenvalue weighted by atomic mass is 9.81. The van der Waals surface area contributed by atoms with Crippen molar-refractivity contribution in [2.45, 2.75) is 53.5 Å². The minimum Gasteiger partial charge on any atom is -0.300 e. The van der Waals surface area contributed by atoms with Crippen LogP contribution in [0.3, 0.4) is 0 Å². The van der Waals surface area contributed by atoms with Crippen LogP contribution >= 0.6 is 0 Å². The van der Waals surface area contributed by atoms with Crippen LogP contribution in [0.2, 0.25) is 0 Å². The Balaban J connectivity index is 2.44. The average molecular weight is 323 g/mol. The van der Waals surface area contributed by atoms with Gasteiger partial charge in [-0.15, -0.1) is 5.73 Å². The monoisotopic (exact) mass is 323 g/mol. The van der Waals surface area contributed by atoms with Crippen LogP contribution < -0.4 is 0 Å². The number of fused-ring (bicyclic) bond motifs is 1. The molecule has 1 amide bonds. The number of hydrogen-bond acceptors (Lipinski definition) is 1. The molecule has 1 aliphatic heterocycles. The van der Waals surface area contributed by atoms with E-state index >= 15 is 0 Å². The molecule has 1 saturated heterocycles. The Bertz CT molecular complexity index is 690. The molecule has 0 radical (unpaired) electrons. The van der Waals surface area contributed by atoms with Crippen LogP contribution in [0.4, 0.5) is 0 Å². The first kappa shape index (κ1) is 18.3. The van der Waals surface area contributed by atoms with Crippen LogP contribution in [0, 0.1) is 11.3 Å². The first-order valence-corrected chi connectivity index (χ1v) is 8.72. The second-order valence-electron chi connectivity index (χ2n) is 8.00. The molecule has 0 aromatic heterocycles. The van der Waals surface area contributed by atoms with Gasteiger partial charge in [0.1, 0.15) is 0 Å². The summed E-state index contributed by atoms with van der Waals surface area (Å²) in [5.74, 6) is 0.315. The van der Waals surface area contributed by atoms with Crippen molar-refractivity contribution in [1.29, 1.82) is 0 Å². The molecule has 2 rings (SSSR count). The number of nitrogens with zero attached hydrogens (tertiary/aromatic N) is 1. The van der Waals surface area contributed by atoms with Crippen LogP contribution in [-0.2, 0) is 4.79 Å². The highest BCUT2D eigenvalue weighted by atomic mass is 16.2. The molecule has 0 N–H and O–H groups in total. The van der Waals surface area contributed by atoms with E-state index in [2.05, 4.69) is 53.5 Å². The van der Waals surface area contributed by atoms with E-state index in [4.69, 9.17) is 0 Å². The first-order valence-electron chi connectivity index (χ1n) is 8.72.